The summed E-state index contributed by atoms with van der Waals surface area (Å²) in [6, 6.07) is 6.19. The molecule has 0 radical (unpaired) electrons. The van der Waals surface area contributed by atoms with Crippen molar-refractivity contribution in [3.63, 3.8) is 0 Å². The molecule has 1 N–H and O–H groups in total. The van der Waals surface area contributed by atoms with Crippen molar-refractivity contribution in [2.24, 2.45) is 7.05 Å². The van der Waals surface area contributed by atoms with Gasteiger partial charge in [-0.25, -0.2) is 8.78 Å². The van der Waals surface area contributed by atoms with Crippen molar-refractivity contribution in [2.75, 3.05) is 18.5 Å². The van der Waals surface area contributed by atoms with E-state index in [9.17, 15) is 13.6 Å². The van der Waals surface area contributed by atoms with Crippen LogP contribution in [0.15, 0.2) is 36.5 Å². The number of hydrogen-bond donors (Lipinski definition) is 1. The van der Waals surface area contributed by atoms with Crippen LogP contribution in [0.3, 0.4) is 0 Å². The second kappa shape index (κ2) is 7.12. The maximum absolute atomic E-state index is 14.2. The summed E-state index contributed by atoms with van der Waals surface area (Å²) in [7, 11) is 1.60. The Bertz CT molecular complexity index is 1080. The van der Waals surface area contributed by atoms with Gasteiger partial charge in [0.2, 0.25) is 0 Å². The average molecular weight is 406 g/mol. The standard InChI is InChI=1S/C19H14ClF2N3O3/c1-25-9-12(18(24-25)11-3-2-10(21)6-14(11)22)19(26)23-15-8-17-16(7-13(15)20)27-4-5-28-17/h2-3,6-9H,4-5H2,1H3,(H,23,26). The molecule has 2 aromatic carbocycles. The first-order chi connectivity index (χ1) is 13.4. The van der Waals surface area contributed by atoms with E-state index >= 15 is 0 Å². The molecular weight excluding hydrogens is 392 g/mol. The molecule has 0 bridgehead atoms. The van der Waals surface area contributed by atoms with E-state index in [1.165, 1.54) is 16.9 Å². The molecule has 0 fully saturated rings. The van der Waals surface area contributed by atoms with Crippen molar-refractivity contribution in [1.82, 2.24) is 9.78 Å². The van der Waals surface area contributed by atoms with Crippen LogP contribution in [0.5, 0.6) is 11.5 Å². The van der Waals surface area contributed by atoms with Crippen LogP contribution in [-0.4, -0.2) is 28.9 Å². The summed E-state index contributed by atoms with van der Waals surface area (Å²) in [5, 5.41) is 7.08. The lowest BCUT2D eigenvalue weighted by Gasteiger charge is -2.20. The smallest absolute Gasteiger partial charge is 0.259 e. The first-order valence-corrected chi connectivity index (χ1v) is 8.70. The fraction of sp³-hybridized carbons (Fsp3) is 0.158. The van der Waals surface area contributed by atoms with Crippen LogP contribution in [0.2, 0.25) is 5.02 Å². The second-order valence-corrected chi connectivity index (χ2v) is 6.53. The van der Waals surface area contributed by atoms with Crippen molar-refractivity contribution < 1.29 is 23.0 Å². The summed E-state index contributed by atoms with van der Waals surface area (Å²) in [6.45, 7) is 0.802. The highest BCUT2D eigenvalue weighted by atomic mass is 35.5. The van der Waals surface area contributed by atoms with Crippen molar-refractivity contribution in [1.29, 1.82) is 0 Å². The van der Waals surface area contributed by atoms with E-state index in [0.29, 0.717) is 30.4 Å². The summed E-state index contributed by atoms with van der Waals surface area (Å²) in [5.41, 5.74) is 0.524. The zero-order chi connectivity index (χ0) is 19.8. The van der Waals surface area contributed by atoms with Crippen LogP contribution in [0.4, 0.5) is 14.5 Å². The number of carbonyl (C=O) groups is 1. The molecule has 9 heteroatoms. The molecule has 4 rings (SSSR count). The first kappa shape index (κ1) is 18.2. The number of hydrogen-bond acceptors (Lipinski definition) is 4. The maximum atomic E-state index is 14.2. The predicted molar refractivity (Wildman–Crippen MR) is 99.0 cm³/mol. The van der Waals surface area contributed by atoms with Gasteiger partial charge in [-0.2, -0.15) is 5.10 Å². The van der Waals surface area contributed by atoms with Gasteiger partial charge in [-0.3, -0.25) is 9.48 Å². The summed E-state index contributed by atoms with van der Waals surface area (Å²) < 4.78 is 39.7. The lowest BCUT2D eigenvalue weighted by Crippen LogP contribution is -2.17. The number of halogens is 3. The molecule has 0 saturated heterocycles. The number of rotatable bonds is 3. The summed E-state index contributed by atoms with van der Waals surface area (Å²) in [4.78, 5) is 12.8. The molecule has 144 valence electrons. The quantitative estimate of drug-likeness (QED) is 0.714. The number of anilines is 1. The third-order valence-corrected chi connectivity index (χ3v) is 4.45. The van der Waals surface area contributed by atoms with Crippen molar-refractivity contribution in [3.05, 3.63) is 58.7 Å². The minimum atomic E-state index is -0.815. The van der Waals surface area contributed by atoms with Crippen LogP contribution in [0.1, 0.15) is 10.4 Å². The van der Waals surface area contributed by atoms with Crippen LogP contribution in [0.25, 0.3) is 11.3 Å². The van der Waals surface area contributed by atoms with Gasteiger partial charge in [0.05, 0.1) is 16.3 Å². The highest BCUT2D eigenvalue weighted by Crippen LogP contribution is 2.38. The Morgan fingerprint density at radius 1 is 1.18 bits per heavy atom. The van der Waals surface area contributed by atoms with Gasteiger partial charge >= 0.3 is 0 Å². The Morgan fingerprint density at radius 2 is 1.89 bits per heavy atom. The molecule has 1 aliphatic rings. The van der Waals surface area contributed by atoms with Gasteiger partial charge in [-0.15, -0.1) is 0 Å². The maximum Gasteiger partial charge on any atom is 0.259 e. The molecular formula is C19H14ClF2N3O3. The monoisotopic (exact) mass is 405 g/mol. The molecule has 1 aromatic heterocycles. The summed E-state index contributed by atoms with van der Waals surface area (Å²) in [6.07, 6.45) is 1.44. The fourth-order valence-corrected chi connectivity index (χ4v) is 3.09. The highest BCUT2D eigenvalue weighted by Gasteiger charge is 2.22. The Hall–Kier alpha value is -3.13. The minimum absolute atomic E-state index is 0.0143. The molecule has 0 atom stereocenters. The predicted octanol–water partition coefficient (Wildman–Crippen LogP) is 4.04. The number of aryl methyl sites for hydroxylation is 1. The Labute approximate surface area is 163 Å². The number of nitrogens with one attached hydrogen (secondary N) is 1. The van der Waals surface area contributed by atoms with E-state index < -0.39 is 17.5 Å². The Balaban J connectivity index is 1.68. The van der Waals surface area contributed by atoms with Crippen molar-refractivity contribution >= 4 is 23.2 Å². The van der Waals surface area contributed by atoms with Gasteiger partial charge in [0.1, 0.15) is 30.5 Å². The van der Waals surface area contributed by atoms with Crippen LogP contribution >= 0.6 is 11.6 Å². The molecule has 0 unspecified atom stereocenters. The number of aromatic nitrogens is 2. The molecule has 0 aliphatic carbocycles. The zero-order valence-electron chi connectivity index (χ0n) is 14.6. The number of amides is 1. The number of fused-ring (bicyclic) bond motifs is 1. The van der Waals surface area contributed by atoms with Gasteiger partial charge in [-0.1, -0.05) is 11.6 Å². The average Bonchev–Trinajstić information content (AvgIpc) is 3.04. The van der Waals surface area contributed by atoms with E-state index in [0.717, 1.165) is 12.1 Å². The van der Waals surface area contributed by atoms with E-state index in [1.807, 2.05) is 0 Å². The van der Waals surface area contributed by atoms with E-state index in [-0.39, 0.29) is 21.8 Å². The van der Waals surface area contributed by atoms with Crippen LogP contribution < -0.4 is 14.8 Å². The third-order valence-electron chi connectivity index (χ3n) is 4.14. The number of benzene rings is 2. The summed E-state index contributed by atoms with van der Waals surface area (Å²) in [5.74, 6) is -1.13. The molecule has 1 aliphatic heterocycles. The van der Waals surface area contributed by atoms with Gasteiger partial charge in [-0.05, 0) is 12.1 Å². The van der Waals surface area contributed by atoms with Gasteiger partial charge in [0, 0.05) is 37.0 Å². The molecule has 0 spiro atoms. The lowest BCUT2D eigenvalue weighted by atomic mass is 10.1. The van der Waals surface area contributed by atoms with Crippen molar-refractivity contribution in [2.45, 2.75) is 0 Å². The highest BCUT2D eigenvalue weighted by molar-refractivity contribution is 6.34. The van der Waals surface area contributed by atoms with Crippen LogP contribution in [-0.2, 0) is 7.05 Å². The third kappa shape index (κ3) is 3.38. The first-order valence-electron chi connectivity index (χ1n) is 8.32. The molecule has 1 amide bonds. The fourth-order valence-electron chi connectivity index (χ4n) is 2.88. The van der Waals surface area contributed by atoms with Crippen LogP contribution in [0, 0.1) is 11.6 Å². The number of carbonyl (C=O) groups excluding carboxylic acids is 1. The van der Waals surface area contributed by atoms with Gasteiger partial charge in [0.25, 0.3) is 5.91 Å². The van der Waals surface area contributed by atoms with E-state index in [2.05, 4.69) is 10.4 Å². The Morgan fingerprint density at radius 3 is 2.61 bits per heavy atom. The zero-order valence-corrected chi connectivity index (χ0v) is 15.4. The van der Waals surface area contributed by atoms with E-state index in [1.54, 1.807) is 19.2 Å². The molecule has 28 heavy (non-hydrogen) atoms. The topological polar surface area (TPSA) is 65.4 Å². The molecule has 2 heterocycles. The second-order valence-electron chi connectivity index (χ2n) is 6.12. The molecule has 0 saturated carbocycles. The summed E-state index contributed by atoms with van der Waals surface area (Å²) >= 11 is 6.22. The SMILES string of the molecule is Cn1cc(C(=O)Nc2cc3c(cc2Cl)OCCO3)c(-c2ccc(F)cc2F)n1. The molecule has 6 nitrogen and oxygen atoms in total. The van der Waals surface area contributed by atoms with Gasteiger partial charge < -0.3 is 14.8 Å². The lowest BCUT2D eigenvalue weighted by molar-refractivity contribution is 0.102. The van der Waals surface area contributed by atoms with Gasteiger partial charge in [0.15, 0.2) is 11.5 Å². The normalized spacial score (nSPS) is 12.7. The minimum Gasteiger partial charge on any atom is -0.486 e. The Kier molecular flexibility index (Phi) is 4.64. The molecule has 3 aromatic rings. The van der Waals surface area contributed by atoms with Crippen molar-refractivity contribution in [3.8, 4) is 22.8 Å². The largest absolute Gasteiger partial charge is 0.486 e. The number of nitrogens with zero attached hydrogens (tertiary/aromatic N) is 2. The van der Waals surface area contributed by atoms with E-state index in [4.69, 9.17) is 21.1 Å². The number of ether oxygens (including phenoxy) is 2.